The van der Waals surface area contributed by atoms with E-state index in [0.29, 0.717) is 11.3 Å². The molecule has 0 radical (unpaired) electrons. The molecule has 2 amide bonds. The van der Waals surface area contributed by atoms with Crippen LogP contribution in [0.2, 0.25) is 0 Å². The SMILES string of the molecule is COc1ccc(S(=O)(=O)N(C)C[C@@H]2Oc3c(NC(=O)c4ccc(-c5nccs5)cc4)cccc3C(=O)N([C@H](C)CO)C[C@H]2C)cc1. The first-order chi connectivity index (χ1) is 22.0. The smallest absolute Gasteiger partial charge is 0.258 e. The molecule has 0 saturated carbocycles. The van der Waals surface area contributed by atoms with Crippen LogP contribution >= 0.6 is 11.3 Å². The second kappa shape index (κ2) is 14.0. The van der Waals surface area contributed by atoms with E-state index in [2.05, 4.69) is 10.3 Å². The molecule has 0 unspecified atom stereocenters. The van der Waals surface area contributed by atoms with Crippen LogP contribution in [0, 0.1) is 5.92 Å². The van der Waals surface area contributed by atoms with Gasteiger partial charge >= 0.3 is 0 Å². The lowest BCUT2D eigenvalue weighted by atomic mass is 9.99. The summed E-state index contributed by atoms with van der Waals surface area (Å²) in [7, 11) is -0.939. The van der Waals surface area contributed by atoms with Crippen molar-refractivity contribution in [3.63, 3.8) is 0 Å². The molecule has 0 bridgehead atoms. The molecule has 5 rings (SSSR count). The maximum atomic E-state index is 13.8. The number of hydrogen-bond donors (Lipinski definition) is 2. The monoisotopic (exact) mass is 664 g/mol. The number of fused-ring (bicyclic) bond motifs is 1. The van der Waals surface area contributed by atoms with Gasteiger partial charge in [-0.05, 0) is 55.5 Å². The molecule has 1 aromatic heterocycles. The number of aliphatic hydroxyl groups is 1. The van der Waals surface area contributed by atoms with Crippen LogP contribution < -0.4 is 14.8 Å². The molecule has 0 saturated heterocycles. The molecule has 13 heteroatoms. The third-order valence-corrected chi connectivity index (χ3v) is 10.6. The van der Waals surface area contributed by atoms with Crippen molar-refractivity contribution in [2.75, 3.05) is 39.2 Å². The van der Waals surface area contributed by atoms with E-state index in [1.54, 1.807) is 60.5 Å². The number of ether oxygens (including phenoxy) is 2. The average Bonchev–Trinajstić information content (AvgIpc) is 3.61. The van der Waals surface area contributed by atoms with Gasteiger partial charge in [-0.2, -0.15) is 4.31 Å². The lowest BCUT2D eigenvalue weighted by Crippen LogP contribution is -2.50. The fourth-order valence-electron chi connectivity index (χ4n) is 5.16. The number of sulfonamides is 1. The van der Waals surface area contributed by atoms with Gasteiger partial charge in [-0.25, -0.2) is 13.4 Å². The highest BCUT2D eigenvalue weighted by atomic mass is 32.2. The zero-order valence-electron chi connectivity index (χ0n) is 25.9. The van der Waals surface area contributed by atoms with Crippen LogP contribution in [0.25, 0.3) is 10.6 Å². The van der Waals surface area contributed by atoms with Crippen LogP contribution in [0.1, 0.15) is 34.6 Å². The van der Waals surface area contributed by atoms with Gasteiger partial charge in [0.1, 0.15) is 16.9 Å². The number of rotatable bonds is 10. The number of aromatic nitrogens is 1. The minimum absolute atomic E-state index is 0.0506. The molecule has 2 N–H and O–H groups in total. The molecule has 46 heavy (non-hydrogen) atoms. The lowest BCUT2D eigenvalue weighted by Gasteiger charge is -2.38. The number of hydrogen-bond acceptors (Lipinski definition) is 9. The van der Waals surface area contributed by atoms with Gasteiger partial charge in [-0.1, -0.05) is 25.1 Å². The number of benzene rings is 3. The van der Waals surface area contributed by atoms with E-state index in [0.717, 1.165) is 10.6 Å². The number of anilines is 1. The number of amides is 2. The van der Waals surface area contributed by atoms with Gasteiger partial charge in [0.05, 0.1) is 42.4 Å². The van der Waals surface area contributed by atoms with Gasteiger partial charge in [-0.3, -0.25) is 9.59 Å². The summed E-state index contributed by atoms with van der Waals surface area (Å²) in [5.41, 5.74) is 1.72. The summed E-state index contributed by atoms with van der Waals surface area (Å²) in [4.78, 5) is 33.2. The van der Waals surface area contributed by atoms with Gasteiger partial charge in [0.25, 0.3) is 11.8 Å². The Balaban J connectivity index is 1.46. The maximum Gasteiger partial charge on any atom is 0.258 e. The molecule has 0 aliphatic carbocycles. The Hall–Kier alpha value is -4.30. The number of nitrogens with zero attached hydrogens (tertiary/aromatic N) is 3. The molecule has 0 fully saturated rings. The molecular formula is C33H36N4O7S2. The molecule has 3 atom stereocenters. The summed E-state index contributed by atoms with van der Waals surface area (Å²) in [6, 6.07) is 17.5. The summed E-state index contributed by atoms with van der Waals surface area (Å²) in [6.45, 7) is 3.49. The molecule has 1 aliphatic rings. The van der Waals surface area contributed by atoms with E-state index in [4.69, 9.17) is 9.47 Å². The number of nitrogens with one attached hydrogen (secondary N) is 1. The van der Waals surface area contributed by atoms with Crippen LogP contribution in [-0.2, 0) is 10.0 Å². The number of methoxy groups -OCH3 is 1. The van der Waals surface area contributed by atoms with Crippen LogP contribution in [0.15, 0.2) is 83.2 Å². The Morgan fingerprint density at radius 3 is 2.52 bits per heavy atom. The fraction of sp³-hybridized carbons (Fsp3) is 0.303. The summed E-state index contributed by atoms with van der Waals surface area (Å²) < 4.78 is 39.9. The summed E-state index contributed by atoms with van der Waals surface area (Å²) in [5.74, 6) is -0.488. The minimum Gasteiger partial charge on any atom is -0.497 e. The van der Waals surface area contributed by atoms with Crippen LogP contribution in [0.4, 0.5) is 5.69 Å². The Morgan fingerprint density at radius 1 is 1.17 bits per heavy atom. The molecule has 2 heterocycles. The van der Waals surface area contributed by atoms with Gasteiger partial charge < -0.3 is 24.8 Å². The number of carbonyl (C=O) groups is 2. The summed E-state index contributed by atoms with van der Waals surface area (Å²) >= 11 is 1.50. The molecule has 3 aromatic carbocycles. The largest absolute Gasteiger partial charge is 0.497 e. The third-order valence-electron chi connectivity index (χ3n) is 7.97. The van der Waals surface area contributed by atoms with E-state index < -0.39 is 28.1 Å². The molecular weight excluding hydrogens is 629 g/mol. The van der Waals surface area contributed by atoms with Crippen molar-refractivity contribution in [1.82, 2.24) is 14.2 Å². The molecule has 4 aromatic rings. The highest BCUT2D eigenvalue weighted by Gasteiger charge is 2.36. The summed E-state index contributed by atoms with van der Waals surface area (Å²) in [5, 5.41) is 15.6. The van der Waals surface area contributed by atoms with Crippen molar-refractivity contribution in [2.45, 2.75) is 30.9 Å². The predicted octanol–water partition coefficient (Wildman–Crippen LogP) is 4.61. The number of carbonyl (C=O) groups excluding carboxylic acids is 2. The van der Waals surface area contributed by atoms with Gasteiger partial charge in [0.2, 0.25) is 10.0 Å². The summed E-state index contributed by atoms with van der Waals surface area (Å²) in [6.07, 6.45) is 0.988. The Bertz CT molecular complexity index is 1780. The second-order valence-electron chi connectivity index (χ2n) is 11.1. The van der Waals surface area contributed by atoms with Crippen molar-refractivity contribution in [3.05, 3.63) is 89.4 Å². The van der Waals surface area contributed by atoms with Crippen LogP contribution in [0.3, 0.4) is 0 Å². The zero-order chi connectivity index (χ0) is 33.0. The van der Waals surface area contributed by atoms with Gasteiger partial charge in [0, 0.05) is 42.2 Å². The molecule has 11 nitrogen and oxygen atoms in total. The second-order valence-corrected chi connectivity index (χ2v) is 14.1. The number of aliphatic hydroxyl groups excluding tert-OH is 1. The standard InChI is InChI=1S/C33H36N4O7S2/c1-21-18-37(22(2)20-38)33(40)27-6-5-7-28(35-31(39)23-8-10-24(11-9-23)32-34-16-17-45-32)30(27)44-29(21)19-36(3)46(41,42)26-14-12-25(43-4)13-15-26/h5-17,21-22,29,38H,18-20H2,1-4H3,(H,35,39)/t21-,22-,29+/m1/s1. The van der Waals surface area contributed by atoms with E-state index in [9.17, 15) is 23.1 Å². The quantitative estimate of drug-likeness (QED) is 0.251. The first-order valence-electron chi connectivity index (χ1n) is 14.7. The Labute approximate surface area is 272 Å². The van der Waals surface area contributed by atoms with E-state index in [1.807, 2.05) is 24.4 Å². The molecule has 0 spiro atoms. The number of likely N-dealkylation sites (N-methyl/N-ethyl adjacent to an activating group) is 1. The van der Waals surface area contributed by atoms with Crippen molar-refractivity contribution in [3.8, 4) is 22.1 Å². The van der Waals surface area contributed by atoms with Crippen molar-refractivity contribution in [1.29, 1.82) is 0 Å². The fourth-order valence-corrected chi connectivity index (χ4v) is 6.99. The third kappa shape index (κ3) is 6.92. The molecule has 242 valence electrons. The normalized spacial score (nSPS) is 17.4. The van der Waals surface area contributed by atoms with Gasteiger partial charge in [-0.15, -0.1) is 11.3 Å². The van der Waals surface area contributed by atoms with Crippen LogP contribution in [-0.4, -0.2) is 85.5 Å². The Morgan fingerprint density at radius 2 is 1.89 bits per heavy atom. The minimum atomic E-state index is -3.91. The van der Waals surface area contributed by atoms with Crippen molar-refractivity contribution in [2.24, 2.45) is 5.92 Å². The van der Waals surface area contributed by atoms with E-state index in [-0.39, 0.29) is 53.4 Å². The number of thiazole rings is 1. The zero-order valence-corrected chi connectivity index (χ0v) is 27.5. The van der Waals surface area contributed by atoms with E-state index >= 15 is 0 Å². The lowest BCUT2D eigenvalue weighted by molar-refractivity contribution is 0.0388. The number of para-hydroxylation sites is 1. The maximum absolute atomic E-state index is 13.8. The highest BCUT2D eigenvalue weighted by Crippen LogP contribution is 2.36. The topological polar surface area (TPSA) is 138 Å². The highest BCUT2D eigenvalue weighted by molar-refractivity contribution is 7.89. The molecule has 1 aliphatic heterocycles. The van der Waals surface area contributed by atoms with Crippen molar-refractivity contribution < 1.29 is 32.6 Å². The van der Waals surface area contributed by atoms with Gasteiger partial charge in [0.15, 0.2) is 5.75 Å². The van der Waals surface area contributed by atoms with E-state index in [1.165, 1.54) is 41.9 Å². The predicted molar refractivity (Wildman–Crippen MR) is 176 cm³/mol. The van der Waals surface area contributed by atoms with Crippen LogP contribution in [0.5, 0.6) is 11.5 Å². The van der Waals surface area contributed by atoms with Crippen molar-refractivity contribution >= 4 is 38.9 Å². The first-order valence-corrected chi connectivity index (χ1v) is 17.0. The average molecular weight is 665 g/mol. The Kier molecular flexibility index (Phi) is 10.1. The first kappa shape index (κ1) is 33.1.